The van der Waals surface area contributed by atoms with Crippen LogP contribution >= 0.6 is 0 Å². The van der Waals surface area contributed by atoms with Crippen LogP contribution in [0, 0.1) is 6.92 Å². The van der Waals surface area contributed by atoms with E-state index in [1.54, 1.807) is 0 Å². The van der Waals surface area contributed by atoms with Crippen LogP contribution in [0.2, 0.25) is 0 Å². The van der Waals surface area contributed by atoms with Crippen LogP contribution in [0.4, 0.5) is 11.5 Å². The van der Waals surface area contributed by atoms with E-state index in [1.165, 1.54) is 12.8 Å². The van der Waals surface area contributed by atoms with E-state index in [2.05, 4.69) is 22.1 Å². The third kappa shape index (κ3) is 3.33. The fourth-order valence-corrected chi connectivity index (χ4v) is 2.04. The Morgan fingerprint density at radius 2 is 2.24 bits per heavy atom. The normalized spacial score (nSPS) is 15.2. The molecule has 0 saturated heterocycles. The van der Waals surface area contributed by atoms with Crippen molar-refractivity contribution in [3.05, 3.63) is 17.8 Å². The second kappa shape index (κ2) is 5.36. The minimum absolute atomic E-state index is 0.753. The maximum absolute atomic E-state index is 5.74. The van der Waals surface area contributed by atoms with Crippen LogP contribution in [0.3, 0.4) is 0 Å². The first kappa shape index (κ1) is 12.2. The van der Waals surface area contributed by atoms with Crippen molar-refractivity contribution in [1.29, 1.82) is 0 Å². The third-order valence-electron chi connectivity index (χ3n) is 3.30. The highest BCUT2D eigenvalue weighted by Gasteiger charge is 2.27. The van der Waals surface area contributed by atoms with Crippen LogP contribution < -0.4 is 11.1 Å². The summed E-state index contributed by atoms with van der Waals surface area (Å²) in [7, 11) is 0. The average molecular weight is 234 g/mol. The summed E-state index contributed by atoms with van der Waals surface area (Å²) < 4.78 is 0. The molecule has 0 amide bonds. The average Bonchev–Trinajstić information content (AvgIpc) is 3.13. The quantitative estimate of drug-likeness (QED) is 0.789. The molecule has 2 rings (SSSR count). The van der Waals surface area contributed by atoms with E-state index in [-0.39, 0.29) is 0 Å². The number of hydrogen-bond acceptors (Lipinski definition) is 4. The summed E-state index contributed by atoms with van der Waals surface area (Å²) in [4.78, 5) is 6.93. The molecule has 0 aliphatic heterocycles. The largest absolute Gasteiger partial charge is 0.397 e. The van der Waals surface area contributed by atoms with Gasteiger partial charge in [-0.2, -0.15) is 0 Å². The van der Waals surface area contributed by atoms with Crippen molar-refractivity contribution in [2.75, 3.05) is 30.7 Å². The van der Waals surface area contributed by atoms with Crippen molar-refractivity contribution in [3.63, 3.8) is 0 Å². The molecule has 1 aromatic heterocycles. The number of hydrogen-bond donors (Lipinski definition) is 2. The second-order valence-electron chi connectivity index (χ2n) is 4.66. The van der Waals surface area contributed by atoms with Gasteiger partial charge in [0.2, 0.25) is 0 Å². The van der Waals surface area contributed by atoms with Gasteiger partial charge in [-0.05, 0) is 38.4 Å². The fourth-order valence-electron chi connectivity index (χ4n) is 2.04. The van der Waals surface area contributed by atoms with E-state index in [0.29, 0.717) is 0 Å². The minimum Gasteiger partial charge on any atom is -0.397 e. The van der Waals surface area contributed by atoms with Crippen molar-refractivity contribution < 1.29 is 0 Å². The highest BCUT2D eigenvalue weighted by atomic mass is 15.2. The SMILES string of the molecule is CCN(CCNc1ccc(N)c(C)n1)C1CC1. The van der Waals surface area contributed by atoms with Gasteiger partial charge in [0.15, 0.2) is 0 Å². The van der Waals surface area contributed by atoms with Gasteiger partial charge in [-0.3, -0.25) is 4.90 Å². The molecule has 17 heavy (non-hydrogen) atoms. The van der Waals surface area contributed by atoms with Gasteiger partial charge in [0.25, 0.3) is 0 Å². The highest BCUT2D eigenvalue weighted by molar-refractivity contribution is 5.48. The summed E-state index contributed by atoms with van der Waals surface area (Å²) in [5.41, 5.74) is 7.38. The molecule has 0 bridgehead atoms. The van der Waals surface area contributed by atoms with Gasteiger partial charge in [0, 0.05) is 19.1 Å². The zero-order valence-electron chi connectivity index (χ0n) is 10.7. The van der Waals surface area contributed by atoms with E-state index in [9.17, 15) is 0 Å². The van der Waals surface area contributed by atoms with Crippen molar-refractivity contribution in [2.24, 2.45) is 0 Å². The summed E-state index contributed by atoms with van der Waals surface area (Å²) in [5.74, 6) is 0.920. The Labute approximate surface area is 103 Å². The standard InChI is InChI=1S/C13H22N4/c1-3-17(11-4-5-11)9-8-15-13-7-6-12(14)10(2)16-13/h6-7,11H,3-5,8-9,14H2,1-2H3,(H,15,16). The van der Waals surface area contributed by atoms with Gasteiger partial charge in [0.05, 0.1) is 11.4 Å². The molecule has 1 aliphatic carbocycles. The maximum Gasteiger partial charge on any atom is 0.126 e. The predicted octanol–water partition coefficient (Wildman–Crippen LogP) is 1.87. The zero-order valence-corrected chi connectivity index (χ0v) is 10.7. The lowest BCUT2D eigenvalue weighted by atomic mass is 10.3. The Kier molecular flexibility index (Phi) is 3.84. The smallest absolute Gasteiger partial charge is 0.126 e. The summed E-state index contributed by atoms with van der Waals surface area (Å²) in [6, 6.07) is 4.68. The van der Waals surface area contributed by atoms with Crippen LogP contribution in [0.5, 0.6) is 0 Å². The first-order valence-electron chi connectivity index (χ1n) is 6.41. The first-order chi connectivity index (χ1) is 8.20. The number of nitrogens with one attached hydrogen (secondary N) is 1. The van der Waals surface area contributed by atoms with Crippen molar-refractivity contribution >= 4 is 11.5 Å². The molecule has 0 unspecified atom stereocenters. The number of likely N-dealkylation sites (N-methyl/N-ethyl adjacent to an activating group) is 1. The number of anilines is 2. The molecule has 3 N–H and O–H groups in total. The number of nitrogens with zero attached hydrogens (tertiary/aromatic N) is 2. The van der Waals surface area contributed by atoms with Gasteiger partial charge >= 0.3 is 0 Å². The molecule has 0 spiro atoms. The van der Waals surface area contributed by atoms with E-state index >= 15 is 0 Å². The Bertz CT molecular complexity index is 374. The Morgan fingerprint density at radius 1 is 1.47 bits per heavy atom. The van der Waals surface area contributed by atoms with E-state index < -0.39 is 0 Å². The van der Waals surface area contributed by atoms with Crippen LogP contribution in [0.15, 0.2) is 12.1 Å². The molecule has 1 aliphatic rings. The lowest BCUT2D eigenvalue weighted by Crippen LogP contribution is -2.31. The molecular weight excluding hydrogens is 212 g/mol. The predicted molar refractivity (Wildman–Crippen MR) is 72.1 cm³/mol. The topological polar surface area (TPSA) is 54.2 Å². The summed E-state index contributed by atoms with van der Waals surface area (Å²) >= 11 is 0. The number of nitrogens with two attached hydrogens (primary N) is 1. The number of aromatic nitrogens is 1. The van der Waals surface area contributed by atoms with Crippen molar-refractivity contribution in [3.8, 4) is 0 Å². The third-order valence-corrected chi connectivity index (χ3v) is 3.30. The highest BCUT2D eigenvalue weighted by Crippen LogP contribution is 2.25. The zero-order chi connectivity index (χ0) is 12.3. The van der Waals surface area contributed by atoms with E-state index in [1.807, 2.05) is 19.1 Å². The Morgan fingerprint density at radius 3 is 2.82 bits per heavy atom. The van der Waals surface area contributed by atoms with Crippen LogP contribution in [0.1, 0.15) is 25.5 Å². The number of pyridine rings is 1. The number of aryl methyl sites for hydroxylation is 1. The molecule has 0 atom stereocenters. The maximum atomic E-state index is 5.74. The molecule has 0 aromatic carbocycles. The summed E-state index contributed by atoms with van der Waals surface area (Å²) in [6.07, 6.45) is 2.74. The first-order valence-corrected chi connectivity index (χ1v) is 6.41. The van der Waals surface area contributed by atoms with Crippen molar-refractivity contribution in [2.45, 2.75) is 32.7 Å². The Hall–Kier alpha value is -1.29. The molecule has 94 valence electrons. The van der Waals surface area contributed by atoms with E-state index in [4.69, 9.17) is 5.73 Å². The van der Waals surface area contributed by atoms with Crippen LogP contribution in [-0.2, 0) is 0 Å². The van der Waals surface area contributed by atoms with Crippen molar-refractivity contribution in [1.82, 2.24) is 9.88 Å². The van der Waals surface area contributed by atoms with Crippen LogP contribution in [0.25, 0.3) is 0 Å². The molecule has 4 nitrogen and oxygen atoms in total. The Balaban J connectivity index is 1.78. The summed E-state index contributed by atoms with van der Waals surface area (Å²) in [6.45, 7) is 7.33. The molecule has 1 fully saturated rings. The van der Waals surface area contributed by atoms with Gasteiger partial charge in [-0.25, -0.2) is 4.98 Å². The molecule has 4 heteroatoms. The number of nitrogen functional groups attached to an aromatic ring is 1. The number of rotatable bonds is 6. The summed E-state index contributed by atoms with van der Waals surface area (Å²) in [5, 5.41) is 3.35. The molecule has 0 radical (unpaired) electrons. The molecular formula is C13H22N4. The molecule has 1 aromatic rings. The van der Waals surface area contributed by atoms with Gasteiger partial charge in [0.1, 0.15) is 5.82 Å². The second-order valence-corrected chi connectivity index (χ2v) is 4.66. The minimum atomic E-state index is 0.753. The van der Waals surface area contributed by atoms with Crippen LogP contribution in [-0.4, -0.2) is 35.6 Å². The lowest BCUT2D eigenvalue weighted by molar-refractivity contribution is 0.289. The van der Waals surface area contributed by atoms with Gasteiger partial charge < -0.3 is 11.1 Å². The lowest BCUT2D eigenvalue weighted by Gasteiger charge is -2.20. The van der Waals surface area contributed by atoms with Gasteiger partial charge in [-0.1, -0.05) is 6.92 Å². The molecule has 1 saturated carbocycles. The van der Waals surface area contributed by atoms with Gasteiger partial charge in [-0.15, -0.1) is 0 Å². The monoisotopic (exact) mass is 234 g/mol. The fraction of sp³-hybridized carbons (Fsp3) is 0.615. The molecule has 1 heterocycles. The van der Waals surface area contributed by atoms with E-state index in [0.717, 1.165) is 42.9 Å².